The first-order valence-corrected chi connectivity index (χ1v) is 4.54. The molecule has 1 aliphatic carbocycles. The van der Waals surface area contributed by atoms with Gasteiger partial charge in [-0.2, -0.15) is 0 Å². The van der Waals surface area contributed by atoms with E-state index in [1.54, 1.807) is 14.2 Å². The molecule has 0 radical (unpaired) electrons. The number of hydrogen-bond acceptors (Lipinski definition) is 3. The van der Waals surface area contributed by atoms with Crippen LogP contribution in [0.1, 0.15) is 13.3 Å². The van der Waals surface area contributed by atoms with Gasteiger partial charge in [-0.1, -0.05) is 6.92 Å². The van der Waals surface area contributed by atoms with E-state index in [1.807, 2.05) is 0 Å². The van der Waals surface area contributed by atoms with Crippen molar-refractivity contribution in [1.82, 2.24) is 5.32 Å². The van der Waals surface area contributed by atoms with Gasteiger partial charge in [0.15, 0.2) is 6.29 Å². The molecule has 1 saturated carbocycles. The first kappa shape index (κ1) is 9.96. The van der Waals surface area contributed by atoms with Crippen molar-refractivity contribution in [3.8, 4) is 0 Å². The molecule has 12 heavy (non-hydrogen) atoms. The third kappa shape index (κ3) is 3.09. The van der Waals surface area contributed by atoms with Gasteiger partial charge in [-0.05, 0) is 24.8 Å². The van der Waals surface area contributed by atoms with Crippen LogP contribution in [0.3, 0.4) is 0 Å². The molecule has 0 saturated heterocycles. The lowest BCUT2D eigenvalue weighted by molar-refractivity contribution is -0.0987. The van der Waals surface area contributed by atoms with Crippen molar-refractivity contribution >= 4 is 0 Å². The quantitative estimate of drug-likeness (QED) is 0.604. The molecule has 0 aromatic heterocycles. The summed E-state index contributed by atoms with van der Waals surface area (Å²) in [6.45, 7) is 4.18. The first-order chi connectivity index (χ1) is 5.77. The lowest BCUT2D eigenvalue weighted by atomic mass is 10.3. The maximum absolute atomic E-state index is 5.04. The Kier molecular flexibility index (Phi) is 3.98. The van der Waals surface area contributed by atoms with Gasteiger partial charge in [-0.3, -0.25) is 0 Å². The van der Waals surface area contributed by atoms with Gasteiger partial charge in [0.1, 0.15) is 0 Å². The van der Waals surface area contributed by atoms with Gasteiger partial charge >= 0.3 is 0 Å². The summed E-state index contributed by atoms with van der Waals surface area (Å²) in [7, 11) is 3.32. The molecular weight excluding hydrogens is 154 g/mol. The molecule has 0 amide bonds. The van der Waals surface area contributed by atoms with Crippen molar-refractivity contribution < 1.29 is 9.47 Å². The summed E-state index contributed by atoms with van der Waals surface area (Å²) in [5.74, 6) is 1.81. The molecule has 1 rings (SSSR count). The van der Waals surface area contributed by atoms with Crippen LogP contribution in [0.4, 0.5) is 0 Å². The van der Waals surface area contributed by atoms with Crippen molar-refractivity contribution in [3.63, 3.8) is 0 Å². The fourth-order valence-corrected chi connectivity index (χ4v) is 1.33. The third-order valence-corrected chi connectivity index (χ3v) is 2.52. The molecule has 0 bridgehead atoms. The van der Waals surface area contributed by atoms with Crippen LogP contribution in [0.2, 0.25) is 0 Å². The highest BCUT2D eigenvalue weighted by Gasteiger charge is 2.31. The smallest absolute Gasteiger partial charge is 0.169 e. The molecule has 3 nitrogen and oxygen atoms in total. The summed E-state index contributed by atoms with van der Waals surface area (Å²) in [5.41, 5.74) is 0. The molecule has 0 aromatic carbocycles. The second kappa shape index (κ2) is 4.80. The van der Waals surface area contributed by atoms with Crippen LogP contribution in [0.15, 0.2) is 0 Å². The summed E-state index contributed by atoms with van der Waals surface area (Å²) in [6, 6.07) is 0. The summed E-state index contributed by atoms with van der Waals surface area (Å²) in [6.07, 6.45) is 1.27. The molecular formula is C9H19NO2. The van der Waals surface area contributed by atoms with E-state index in [1.165, 1.54) is 6.42 Å². The Hall–Kier alpha value is -0.120. The number of nitrogens with one attached hydrogen (secondary N) is 1. The highest BCUT2D eigenvalue weighted by Crippen LogP contribution is 2.36. The van der Waals surface area contributed by atoms with Crippen LogP contribution in [0.25, 0.3) is 0 Å². The number of rotatable bonds is 6. The van der Waals surface area contributed by atoms with Crippen molar-refractivity contribution in [3.05, 3.63) is 0 Å². The second-order valence-corrected chi connectivity index (χ2v) is 3.53. The minimum Gasteiger partial charge on any atom is -0.355 e. The minimum atomic E-state index is -0.0981. The van der Waals surface area contributed by atoms with Crippen molar-refractivity contribution in [2.75, 3.05) is 27.3 Å². The first-order valence-electron chi connectivity index (χ1n) is 4.54. The van der Waals surface area contributed by atoms with E-state index < -0.39 is 0 Å². The minimum absolute atomic E-state index is 0.0981. The van der Waals surface area contributed by atoms with E-state index >= 15 is 0 Å². The van der Waals surface area contributed by atoms with E-state index in [4.69, 9.17) is 9.47 Å². The molecule has 72 valence electrons. The largest absolute Gasteiger partial charge is 0.355 e. The van der Waals surface area contributed by atoms with Gasteiger partial charge in [0.05, 0.1) is 0 Å². The fraction of sp³-hybridized carbons (Fsp3) is 1.00. The van der Waals surface area contributed by atoms with Crippen LogP contribution in [-0.2, 0) is 9.47 Å². The lowest BCUT2D eigenvalue weighted by Gasteiger charge is -2.13. The van der Waals surface area contributed by atoms with E-state index in [2.05, 4.69) is 12.2 Å². The van der Waals surface area contributed by atoms with Crippen LogP contribution in [0.5, 0.6) is 0 Å². The Morgan fingerprint density at radius 1 is 1.42 bits per heavy atom. The number of ether oxygens (including phenoxy) is 2. The zero-order valence-electron chi connectivity index (χ0n) is 8.17. The average molecular weight is 173 g/mol. The third-order valence-electron chi connectivity index (χ3n) is 2.52. The van der Waals surface area contributed by atoms with Crippen molar-refractivity contribution in [1.29, 1.82) is 0 Å². The topological polar surface area (TPSA) is 30.5 Å². The molecule has 2 atom stereocenters. The number of hydrogen-bond donors (Lipinski definition) is 1. The fourth-order valence-electron chi connectivity index (χ4n) is 1.33. The van der Waals surface area contributed by atoms with Gasteiger partial charge in [0, 0.05) is 20.8 Å². The summed E-state index contributed by atoms with van der Waals surface area (Å²) in [4.78, 5) is 0. The standard InChI is InChI=1S/C9H19NO2/c1-7-4-8(7)5-10-6-9(11-2)12-3/h7-10H,4-6H2,1-3H3. The molecule has 0 spiro atoms. The summed E-state index contributed by atoms with van der Waals surface area (Å²) < 4.78 is 10.1. The highest BCUT2D eigenvalue weighted by atomic mass is 16.7. The summed E-state index contributed by atoms with van der Waals surface area (Å²) in [5, 5.41) is 3.33. The molecule has 2 unspecified atom stereocenters. The van der Waals surface area contributed by atoms with E-state index in [0.717, 1.165) is 24.9 Å². The zero-order valence-corrected chi connectivity index (χ0v) is 8.17. The predicted molar refractivity (Wildman–Crippen MR) is 47.9 cm³/mol. The van der Waals surface area contributed by atoms with Crippen LogP contribution in [0, 0.1) is 11.8 Å². The van der Waals surface area contributed by atoms with Gasteiger partial charge in [0.2, 0.25) is 0 Å². The molecule has 0 aromatic rings. The Bertz CT molecular complexity index is 126. The number of methoxy groups -OCH3 is 2. The van der Waals surface area contributed by atoms with Crippen molar-refractivity contribution in [2.24, 2.45) is 11.8 Å². The molecule has 0 heterocycles. The van der Waals surface area contributed by atoms with E-state index in [9.17, 15) is 0 Å². The van der Waals surface area contributed by atoms with Gasteiger partial charge in [-0.15, -0.1) is 0 Å². The van der Waals surface area contributed by atoms with Gasteiger partial charge in [-0.25, -0.2) is 0 Å². The molecule has 1 fully saturated rings. The second-order valence-electron chi connectivity index (χ2n) is 3.53. The molecule has 1 N–H and O–H groups in total. The van der Waals surface area contributed by atoms with Crippen LogP contribution in [-0.4, -0.2) is 33.6 Å². The molecule has 1 aliphatic rings. The van der Waals surface area contributed by atoms with Gasteiger partial charge < -0.3 is 14.8 Å². The Morgan fingerprint density at radius 3 is 2.42 bits per heavy atom. The molecule has 3 heteroatoms. The SMILES string of the molecule is COC(CNCC1CC1C)OC. The Labute approximate surface area is 74.4 Å². The average Bonchev–Trinajstić information content (AvgIpc) is 2.76. The predicted octanol–water partition coefficient (Wildman–Crippen LogP) is 0.851. The van der Waals surface area contributed by atoms with E-state index in [0.29, 0.717) is 0 Å². The lowest BCUT2D eigenvalue weighted by Crippen LogP contribution is -2.31. The van der Waals surface area contributed by atoms with Crippen LogP contribution < -0.4 is 5.32 Å². The maximum atomic E-state index is 5.04. The maximum Gasteiger partial charge on any atom is 0.169 e. The zero-order chi connectivity index (χ0) is 8.97. The van der Waals surface area contributed by atoms with Crippen molar-refractivity contribution in [2.45, 2.75) is 19.6 Å². The normalized spacial score (nSPS) is 28.0. The van der Waals surface area contributed by atoms with Gasteiger partial charge in [0.25, 0.3) is 0 Å². The monoisotopic (exact) mass is 173 g/mol. The molecule has 0 aliphatic heterocycles. The highest BCUT2D eigenvalue weighted by molar-refractivity contribution is 4.83. The summed E-state index contributed by atoms with van der Waals surface area (Å²) >= 11 is 0. The van der Waals surface area contributed by atoms with E-state index in [-0.39, 0.29) is 6.29 Å². The van der Waals surface area contributed by atoms with Crippen LogP contribution >= 0.6 is 0 Å². The Balaban J connectivity index is 1.93. The Morgan fingerprint density at radius 2 is 2.00 bits per heavy atom.